The summed E-state index contributed by atoms with van der Waals surface area (Å²) in [5.41, 5.74) is 2.95. The van der Waals surface area contributed by atoms with Gasteiger partial charge in [0.25, 0.3) is 0 Å². The first-order valence-electron chi connectivity index (χ1n) is 5.95. The molecule has 3 aromatic rings. The predicted molar refractivity (Wildman–Crippen MR) is 66.6 cm³/mol. The van der Waals surface area contributed by atoms with Gasteiger partial charge < -0.3 is 4.40 Å². The zero-order chi connectivity index (χ0) is 12.7. The number of aryl methyl sites for hydroxylation is 1. The van der Waals surface area contributed by atoms with Crippen molar-refractivity contribution in [1.29, 1.82) is 0 Å². The molecule has 0 amide bonds. The number of hydrogen-bond donors (Lipinski definition) is 0. The fraction of sp³-hybridized carbons (Fsp3) is 0.214. The highest BCUT2D eigenvalue weighted by Crippen LogP contribution is 2.22. The normalized spacial score (nSPS) is 11.5. The maximum atomic E-state index is 13.3. The van der Waals surface area contributed by atoms with Gasteiger partial charge in [0.2, 0.25) is 0 Å². The SMILES string of the molecule is CCCc1nc2cc(F)c(F)cc2n2cccc12. The van der Waals surface area contributed by atoms with Crippen LogP contribution in [0.1, 0.15) is 19.0 Å². The van der Waals surface area contributed by atoms with Crippen molar-refractivity contribution in [2.45, 2.75) is 19.8 Å². The molecule has 0 bridgehead atoms. The van der Waals surface area contributed by atoms with Gasteiger partial charge in [0.05, 0.1) is 22.2 Å². The monoisotopic (exact) mass is 246 g/mol. The second-order valence-corrected chi connectivity index (χ2v) is 4.33. The molecular formula is C14H12F2N2. The molecule has 4 heteroatoms. The van der Waals surface area contributed by atoms with E-state index in [0.29, 0.717) is 11.0 Å². The molecule has 0 radical (unpaired) electrons. The Bertz CT molecular complexity index is 731. The van der Waals surface area contributed by atoms with Crippen molar-refractivity contribution in [2.75, 3.05) is 0 Å². The molecule has 2 nitrogen and oxygen atoms in total. The minimum absolute atomic E-state index is 0.487. The van der Waals surface area contributed by atoms with E-state index in [-0.39, 0.29) is 0 Å². The maximum absolute atomic E-state index is 13.3. The minimum atomic E-state index is -0.857. The molecule has 0 unspecified atom stereocenters. The summed E-state index contributed by atoms with van der Waals surface area (Å²) < 4.78 is 28.4. The quantitative estimate of drug-likeness (QED) is 0.673. The minimum Gasteiger partial charge on any atom is -0.313 e. The van der Waals surface area contributed by atoms with E-state index in [2.05, 4.69) is 11.9 Å². The molecule has 2 aromatic heterocycles. The van der Waals surface area contributed by atoms with Crippen LogP contribution in [0.3, 0.4) is 0 Å². The maximum Gasteiger partial charge on any atom is 0.161 e. The molecule has 1 aromatic carbocycles. The first-order chi connectivity index (χ1) is 8.70. The summed E-state index contributed by atoms with van der Waals surface area (Å²) in [4.78, 5) is 4.44. The van der Waals surface area contributed by atoms with Gasteiger partial charge in [-0.05, 0) is 18.6 Å². The van der Waals surface area contributed by atoms with Crippen LogP contribution in [0.4, 0.5) is 8.78 Å². The van der Waals surface area contributed by atoms with Crippen LogP contribution in [0.2, 0.25) is 0 Å². The van der Waals surface area contributed by atoms with Crippen molar-refractivity contribution in [3.8, 4) is 0 Å². The highest BCUT2D eigenvalue weighted by Gasteiger charge is 2.11. The Morgan fingerprint density at radius 1 is 1.17 bits per heavy atom. The van der Waals surface area contributed by atoms with Gasteiger partial charge in [0, 0.05) is 18.3 Å². The van der Waals surface area contributed by atoms with E-state index in [9.17, 15) is 8.78 Å². The largest absolute Gasteiger partial charge is 0.313 e. The van der Waals surface area contributed by atoms with Gasteiger partial charge in [0.15, 0.2) is 11.6 Å². The van der Waals surface area contributed by atoms with E-state index in [1.807, 2.05) is 22.7 Å². The summed E-state index contributed by atoms with van der Waals surface area (Å²) in [6.07, 6.45) is 3.63. The molecule has 0 aliphatic rings. The van der Waals surface area contributed by atoms with Gasteiger partial charge in [-0.25, -0.2) is 13.8 Å². The topological polar surface area (TPSA) is 17.3 Å². The first-order valence-corrected chi connectivity index (χ1v) is 5.95. The van der Waals surface area contributed by atoms with E-state index in [0.717, 1.165) is 30.1 Å². The van der Waals surface area contributed by atoms with Crippen molar-refractivity contribution in [3.05, 3.63) is 47.8 Å². The summed E-state index contributed by atoms with van der Waals surface area (Å²) in [6, 6.07) is 6.18. The fourth-order valence-corrected chi connectivity index (χ4v) is 2.26. The molecule has 0 N–H and O–H groups in total. The van der Waals surface area contributed by atoms with E-state index in [4.69, 9.17) is 0 Å². The summed E-state index contributed by atoms with van der Waals surface area (Å²) >= 11 is 0. The second kappa shape index (κ2) is 4.05. The molecule has 2 heterocycles. The van der Waals surface area contributed by atoms with Crippen molar-refractivity contribution in [2.24, 2.45) is 0 Å². The van der Waals surface area contributed by atoms with Crippen LogP contribution in [-0.4, -0.2) is 9.38 Å². The molecule has 0 saturated heterocycles. The van der Waals surface area contributed by atoms with Crippen molar-refractivity contribution < 1.29 is 8.78 Å². The van der Waals surface area contributed by atoms with Gasteiger partial charge in [-0.15, -0.1) is 0 Å². The van der Waals surface area contributed by atoms with Gasteiger partial charge >= 0.3 is 0 Å². The number of benzene rings is 1. The molecule has 0 saturated carbocycles. The highest BCUT2D eigenvalue weighted by atomic mass is 19.2. The molecule has 0 fully saturated rings. The average molecular weight is 246 g/mol. The Labute approximate surface area is 103 Å². The third-order valence-corrected chi connectivity index (χ3v) is 3.06. The van der Waals surface area contributed by atoms with Crippen LogP contribution in [0.25, 0.3) is 16.6 Å². The lowest BCUT2D eigenvalue weighted by Gasteiger charge is -2.08. The molecule has 3 rings (SSSR count). The number of aromatic nitrogens is 2. The summed E-state index contributed by atoms with van der Waals surface area (Å²) in [5.74, 6) is -1.70. The van der Waals surface area contributed by atoms with Crippen LogP contribution in [0, 0.1) is 11.6 Å². The van der Waals surface area contributed by atoms with Gasteiger partial charge in [-0.2, -0.15) is 0 Å². The summed E-state index contributed by atoms with van der Waals surface area (Å²) in [5, 5.41) is 0. The smallest absolute Gasteiger partial charge is 0.161 e. The zero-order valence-corrected chi connectivity index (χ0v) is 9.95. The van der Waals surface area contributed by atoms with Crippen molar-refractivity contribution in [3.63, 3.8) is 0 Å². The van der Waals surface area contributed by atoms with Crippen LogP contribution in [0.15, 0.2) is 30.5 Å². The van der Waals surface area contributed by atoms with Crippen LogP contribution in [0.5, 0.6) is 0 Å². The van der Waals surface area contributed by atoms with Gasteiger partial charge in [-0.3, -0.25) is 0 Å². The molecule has 92 valence electrons. The number of hydrogen-bond acceptors (Lipinski definition) is 1. The molecule has 0 spiro atoms. The van der Waals surface area contributed by atoms with Gasteiger partial charge in [0.1, 0.15) is 0 Å². The Balaban J connectivity index is 2.43. The lowest BCUT2D eigenvalue weighted by Crippen LogP contribution is -1.99. The summed E-state index contributed by atoms with van der Waals surface area (Å²) in [7, 11) is 0. The molecular weight excluding hydrogens is 234 g/mol. The Kier molecular flexibility index (Phi) is 2.51. The Morgan fingerprint density at radius 3 is 2.72 bits per heavy atom. The van der Waals surface area contributed by atoms with Crippen LogP contribution < -0.4 is 0 Å². The molecule has 18 heavy (non-hydrogen) atoms. The molecule has 0 aliphatic carbocycles. The van der Waals surface area contributed by atoms with Gasteiger partial charge in [-0.1, -0.05) is 13.3 Å². The third kappa shape index (κ3) is 1.56. The number of fused-ring (bicyclic) bond motifs is 3. The van der Waals surface area contributed by atoms with Crippen LogP contribution in [-0.2, 0) is 6.42 Å². The fourth-order valence-electron chi connectivity index (χ4n) is 2.26. The number of halogens is 2. The van der Waals surface area contributed by atoms with Crippen LogP contribution >= 0.6 is 0 Å². The van der Waals surface area contributed by atoms with E-state index in [1.165, 1.54) is 6.07 Å². The predicted octanol–water partition coefficient (Wildman–Crippen LogP) is 3.72. The lowest BCUT2D eigenvalue weighted by atomic mass is 10.2. The zero-order valence-electron chi connectivity index (χ0n) is 9.95. The number of rotatable bonds is 2. The summed E-state index contributed by atoms with van der Waals surface area (Å²) in [6.45, 7) is 2.07. The Morgan fingerprint density at radius 2 is 1.94 bits per heavy atom. The third-order valence-electron chi connectivity index (χ3n) is 3.06. The molecule has 0 aliphatic heterocycles. The first kappa shape index (κ1) is 11.1. The lowest BCUT2D eigenvalue weighted by molar-refractivity contribution is 0.510. The average Bonchev–Trinajstić information content (AvgIpc) is 2.82. The van der Waals surface area contributed by atoms with Crippen molar-refractivity contribution >= 4 is 16.6 Å². The Hall–Kier alpha value is -1.97. The number of nitrogens with zero attached hydrogens (tertiary/aromatic N) is 2. The second-order valence-electron chi connectivity index (χ2n) is 4.33. The van der Waals surface area contributed by atoms with E-state index in [1.54, 1.807) is 0 Å². The molecule has 0 atom stereocenters. The van der Waals surface area contributed by atoms with E-state index >= 15 is 0 Å². The highest BCUT2D eigenvalue weighted by molar-refractivity contribution is 5.79. The van der Waals surface area contributed by atoms with Crippen molar-refractivity contribution in [1.82, 2.24) is 9.38 Å². The van der Waals surface area contributed by atoms with E-state index < -0.39 is 11.6 Å². The standard InChI is InChI=1S/C14H12F2N2/c1-2-4-11-13-5-3-6-18(13)14-8-10(16)9(15)7-12(14)17-11/h3,5-8H,2,4H2,1H3.